The third-order valence-corrected chi connectivity index (χ3v) is 2.79. The van der Waals surface area contributed by atoms with E-state index in [9.17, 15) is 0 Å². The molecule has 0 unspecified atom stereocenters. The molecule has 0 aliphatic carbocycles. The van der Waals surface area contributed by atoms with E-state index >= 15 is 0 Å². The van der Waals surface area contributed by atoms with Crippen LogP contribution in [0.15, 0.2) is 43.0 Å². The number of hydrogen-bond acceptors (Lipinski definition) is 6. The van der Waals surface area contributed by atoms with Gasteiger partial charge < -0.3 is 10.5 Å². The summed E-state index contributed by atoms with van der Waals surface area (Å²) in [4.78, 5) is 12.5. The van der Waals surface area contributed by atoms with Gasteiger partial charge in [-0.3, -0.25) is 0 Å². The maximum atomic E-state index is 5.77. The van der Waals surface area contributed by atoms with Crippen molar-refractivity contribution in [3.8, 4) is 23.1 Å². The van der Waals surface area contributed by atoms with E-state index in [1.165, 1.54) is 6.33 Å². The molecule has 0 aliphatic heterocycles. The summed E-state index contributed by atoms with van der Waals surface area (Å²) in [5.41, 5.74) is 7.29. The molecule has 7 heteroatoms. The number of rotatable bonds is 4. The predicted octanol–water partition coefficient (Wildman–Crippen LogP) is 1.71. The van der Waals surface area contributed by atoms with Crippen LogP contribution in [0.25, 0.3) is 17.2 Å². The molecule has 0 aliphatic rings. The highest BCUT2D eigenvalue weighted by Crippen LogP contribution is 2.18. The third-order valence-electron chi connectivity index (χ3n) is 2.79. The smallest absolute Gasteiger partial charge is 0.218 e. The lowest BCUT2D eigenvalue weighted by Gasteiger charge is -2.03. The SMILES string of the molecule is CCOc1cc(-n2cnc(-c3cccc(N)c3)n2)ncn1. The summed E-state index contributed by atoms with van der Waals surface area (Å²) in [6, 6.07) is 9.12. The first-order valence-corrected chi connectivity index (χ1v) is 6.49. The zero-order valence-electron chi connectivity index (χ0n) is 11.5. The minimum atomic E-state index is 0.503. The van der Waals surface area contributed by atoms with Crippen LogP contribution in [0.5, 0.6) is 5.88 Å². The Hall–Kier alpha value is -2.96. The lowest BCUT2D eigenvalue weighted by molar-refractivity contribution is 0.326. The van der Waals surface area contributed by atoms with Crippen molar-refractivity contribution in [3.63, 3.8) is 0 Å². The van der Waals surface area contributed by atoms with Gasteiger partial charge in [0.25, 0.3) is 0 Å². The molecule has 1 aromatic carbocycles. The molecule has 0 spiro atoms. The monoisotopic (exact) mass is 282 g/mol. The fourth-order valence-corrected chi connectivity index (χ4v) is 1.87. The van der Waals surface area contributed by atoms with Crippen LogP contribution in [-0.4, -0.2) is 31.3 Å². The summed E-state index contributed by atoms with van der Waals surface area (Å²) in [5, 5.41) is 4.40. The van der Waals surface area contributed by atoms with Crippen molar-refractivity contribution in [2.75, 3.05) is 12.3 Å². The van der Waals surface area contributed by atoms with Gasteiger partial charge in [0.2, 0.25) is 5.88 Å². The number of nitrogens with zero attached hydrogens (tertiary/aromatic N) is 5. The van der Waals surface area contributed by atoms with Crippen LogP contribution in [-0.2, 0) is 0 Å². The molecule has 0 saturated heterocycles. The second-order valence-electron chi connectivity index (χ2n) is 4.29. The van der Waals surface area contributed by atoms with Gasteiger partial charge in [-0.25, -0.2) is 19.6 Å². The predicted molar refractivity (Wildman–Crippen MR) is 78.0 cm³/mol. The molecule has 3 aromatic rings. The molecule has 2 aromatic heterocycles. The van der Waals surface area contributed by atoms with Crippen molar-refractivity contribution in [3.05, 3.63) is 43.0 Å². The highest BCUT2D eigenvalue weighted by atomic mass is 16.5. The molecule has 2 heterocycles. The Morgan fingerprint density at radius 3 is 2.90 bits per heavy atom. The van der Waals surface area contributed by atoms with Crippen molar-refractivity contribution < 1.29 is 4.74 Å². The summed E-state index contributed by atoms with van der Waals surface area (Å²) in [6.45, 7) is 2.44. The van der Waals surface area contributed by atoms with Gasteiger partial charge in [-0.2, -0.15) is 0 Å². The number of aromatic nitrogens is 5. The Bertz CT molecular complexity index is 754. The first kappa shape index (κ1) is 13.0. The molecule has 7 nitrogen and oxygen atoms in total. The van der Waals surface area contributed by atoms with Gasteiger partial charge in [-0.1, -0.05) is 12.1 Å². The van der Waals surface area contributed by atoms with E-state index < -0.39 is 0 Å². The first-order chi connectivity index (χ1) is 10.3. The first-order valence-electron chi connectivity index (χ1n) is 6.49. The van der Waals surface area contributed by atoms with Crippen LogP contribution in [0.1, 0.15) is 6.92 Å². The minimum Gasteiger partial charge on any atom is -0.478 e. The number of benzene rings is 1. The zero-order chi connectivity index (χ0) is 14.7. The summed E-state index contributed by atoms with van der Waals surface area (Å²) in [7, 11) is 0. The highest BCUT2D eigenvalue weighted by molar-refractivity contribution is 5.60. The van der Waals surface area contributed by atoms with Gasteiger partial charge in [-0.15, -0.1) is 5.10 Å². The molecule has 21 heavy (non-hydrogen) atoms. The average molecular weight is 282 g/mol. The van der Waals surface area contributed by atoms with E-state index in [-0.39, 0.29) is 0 Å². The van der Waals surface area contributed by atoms with Crippen LogP contribution >= 0.6 is 0 Å². The Morgan fingerprint density at radius 2 is 2.10 bits per heavy atom. The normalized spacial score (nSPS) is 10.5. The third kappa shape index (κ3) is 2.81. The van der Waals surface area contributed by atoms with Gasteiger partial charge in [0.1, 0.15) is 12.7 Å². The molecule has 0 radical (unpaired) electrons. The van der Waals surface area contributed by atoms with E-state index in [2.05, 4.69) is 20.1 Å². The van der Waals surface area contributed by atoms with Gasteiger partial charge in [0.05, 0.1) is 6.61 Å². The average Bonchev–Trinajstić information content (AvgIpc) is 2.98. The molecule has 106 valence electrons. The molecular formula is C14H14N6O. The fraction of sp³-hybridized carbons (Fsp3) is 0.143. The van der Waals surface area contributed by atoms with Crippen molar-refractivity contribution in [2.24, 2.45) is 0 Å². The van der Waals surface area contributed by atoms with E-state index in [0.29, 0.717) is 29.8 Å². The second-order valence-corrected chi connectivity index (χ2v) is 4.29. The molecule has 0 fully saturated rings. The van der Waals surface area contributed by atoms with Crippen molar-refractivity contribution in [1.29, 1.82) is 0 Å². The van der Waals surface area contributed by atoms with Crippen molar-refractivity contribution >= 4 is 5.69 Å². The molecule has 2 N–H and O–H groups in total. The van der Waals surface area contributed by atoms with Crippen LogP contribution in [0, 0.1) is 0 Å². The van der Waals surface area contributed by atoms with Gasteiger partial charge >= 0.3 is 0 Å². The Morgan fingerprint density at radius 1 is 1.19 bits per heavy atom. The van der Waals surface area contributed by atoms with Crippen molar-refractivity contribution in [1.82, 2.24) is 24.7 Å². The van der Waals surface area contributed by atoms with Gasteiger partial charge in [0, 0.05) is 17.3 Å². The topological polar surface area (TPSA) is 91.7 Å². The van der Waals surface area contributed by atoms with E-state index in [0.717, 1.165) is 5.56 Å². The Kier molecular flexibility index (Phi) is 3.46. The Labute approximate surface area is 121 Å². The maximum absolute atomic E-state index is 5.77. The lowest BCUT2D eigenvalue weighted by atomic mass is 10.2. The van der Waals surface area contributed by atoms with Gasteiger partial charge in [-0.05, 0) is 19.1 Å². The number of ether oxygens (including phenoxy) is 1. The lowest BCUT2D eigenvalue weighted by Crippen LogP contribution is -2.01. The summed E-state index contributed by atoms with van der Waals surface area (Å²) >= 11 is 0. The van der Waals surface area contributed by atoms with E-state index in [1.807, 2.05) is 31.2 Å². The second kappa shape index (κ2) is 5.58. The minimum absolute atomic E-state index is 0.503. The molecule has 0 bridgehead atoms. The van der Waals surface area contributed by atoms with Crippen LogP contribution in [0.3, 0.4) is 0 Å². The van der Waals surface area contributed by atoms with Crippen LogP contribution in [0.2, 0.25) is 0 Å². The van der Waals surface area contributed by atoms with Gasteiger partial charge in [0.15, 0.2) is 11.6 Å². The standard InChI is InChI=1S/C14H14N6O/c1-2-21-13-7-12(16-8-17-13)20-9-18-14(19-20)10-4-3-5-11(15)6-10/h3-9H,2,15H2,1H3. The quantitative estimate of drug-likeness (QED) is 0.732. The molecule has 0 amide bonds. The number of hydrogen-bond donors (Lipinski definition) is 1. The fourth-order valence-electron chi connectivity index (χ4n) is 1.87. The van der Waals surface area contributed by atoms with Crippen molar-refractivity contribution in [2.45, 2.75) is 6.92 Å². The van der Waals surface area contributed by atoms with Crippen LogP contribution in [0.4, 0.5) is 5.69 Å². The number of nitrogens with two attached hydrogens (primary N) is 1. The molecule has 0 saturated carbocycles. The Balaban J connectivity index is 1.93. The molecule has 0 atom stereocenters. The highest BCUT2D eigenvalue weighted by Gasteiger charge is 2.08. The van der Waals surface area contributed by atoms with Crippen LogP contribution < -0.4 is 10.5 Å². The van der Waals surface area contributed by atoms with E-state index in [4.69, 9.17) is 10.5 Å². The number of anilines is 1. The summed E-state index contributed by atoms with van der Waals surface area (Å²) < 4.78 is 6.92. The molecular weight excluding hydrogens is 268 g/mol. The maximum Gasteiger partial charge on any atom is 0.218 e. The largest absolute Gasteiger partial charge is 0.478 e. The van der Waals surface area contributed by atoms with E-state index in [1.54, 1.807) is 17.1 Å². The number of nitrogen functional groups attached to an aromatic ring is 1. The summed E-state index contributed by atoms with van der Waals surface area (Å²) in [5.74, 6) is 1.68. The zero-order valence-corrected chi connectivity index (χ0v) is 11.5. The molecule has 3 rings (SSSR count). The summed E-state index contributed by atoms with van der Waals surface area (Å²) in [6.07, 6.45) is 3.03.